The number of carbonyl (C=O) groups is 1. The largest absolute Gasteiger partial charge is 0.480 e. The summed E-state index contributed by atoms with van der Waals surface area (Å²) in [6.07, 6.45) is 1.75. The Morgan fingerprint density at radius 3 is 2.56 bits per heavy atom. The van der Waals surface area contributed by atoms with Crippen LogP contribution in [0.5, 0.6) is 0 Å². The SMILES string of the molecule is O=C(O)C(Cc1c[nH]c2ccccc12)Nc1ccc([N+](=O)[O-])cc1[N+](=O)[O-]. The van der Waals surface area contributed by atoms with Gasteiger partial charge in [0.1, 0.15) is 11.7 Å². The Morgan fingerprint density at radius 1 is 1.15 bits per heavy atom. The first-order chi connectivity index (χ1) is 12.9. The number of aromatic amines is 1. The Balaban J connectivity index is 1.92. The van der Waals surface area contributed by atoms with Gasteiger partial charge in [-0.15, -0.1) is 0 Å². The number of carboxylic acids is 1. The first-order valence-electron chi connectivity index (χ1n) is 7.84. The number of aromatic nitrogens is 1. The third kappa shape index (κ3) is 3.68. The van der Waals surface area contributed by atoms with Crippen molar-refractivity contribution < 1.29 is 19.7 Å². The van der Waals surface area contributed by atoms with Crippen LogP contribution in [0.1, 0.15) is 5.56 Å². The third-order valence-corrected chi connectivity index (χ3v) is 4.12. The van der Waals surface area contributed by atoms with Crippen LogP contribution in [-0.4, -0.2) is 31.9 Å². The number of nitrogens with one attached hydrogen (secondary N) is 2. The van der Waals surface area contributed by atoms with Gasteiger partial charge in [0, 0.05) is 29.6 Å². The minimum Gasteiger partial charge on any atom is -0.480 e. The van der Waals surface area contributed by atoms with E-state index in [1.54, 1.807) is 6.20 Å². The van der Waals surface area contributed by atoms with E-state index in [-0.39, 0.29) is 12.1 Å². The van der Waals surface area contributed by atoms with Crippen molar-refractivity contribution in [2.75, 3.05) is 5.32 Å². The van der Waals surface area contributed by atoms with E-state index in [2.05, 4.69) is 10.3 Å². The van der Waals surface area contributed by atoms with E-state index in [1.165, 1.54) is 0 Å². The Morgan fingerprint density at radius 2 is 1.89 bits per heavy atom. The van der Waals surface area contributed by atoms with Crippen molar-refractivity contribution in [3.05, 3.63) is 74.5 Å². The highest BCUT2D eigenvalue weighted by Crippen LogP contribution is 2.30. The Labute approximate surface area is 151 Å². The van der Waals surface area contributed by atoms with E-state index in [0.717, 1.165) is 34.7 Å². The molecule has 10 heteroatoms. The predicted molar refractivity (Wildman–Crippen MR) is 96.8 cm³/mol. The van der Waals surface area contributed by atoms with Crippen LogP contribution in [0, 0.1) is 20.2 Å². The van der Waals surface area contributed by atoms with Gasteiger partial charge in [-0.3, -0.25) is 20.2 Å². The number of rotatable bonds is 7. The van der Waals surface area contributed by atoms with Crippen molar-refractivity contribution in [3.63, 3.8) is 0 Å². The number of aliphatic carboxylic acids is 1. The lowest BCUT2D eigenvalue weighted by atomic mass is 10.0. The minimum atomic E-state index is -1.20. The number of H-pyrrole nitrogens is 1. The lowest BCUT2D eigenvalue weighted by molar-refractivity contribution is -0.393. The number of para-hydroxylation sites is 1. The summed E-state index contributed by atoms with van der Waals surface area (Å²) in [6.45, 7) is 0. The van der Waals surface area contributed by atoms with Gasteiger partial charge in [0.15, 0.2) is 0 Å². The standard InChI is InChI=1S/C17H14N4O6/c22-17(23)15(7-10-9-18-13-4-2-1-3-12(10)13)19-14-6-5-11(20(24)25)8-16(14)21(26)27/h1-6,8-9,15,18-19H,7H2,(H,22,23). The van der Waals surface area contributed by atoms with Gasteiger partial charge in [-0.25, -0.2) is 4.79 Å². The molecule has 10 nitrogen and oxygen atoms in total. The molecule has 0 fully saturated rings. The molecule has 1 atom stereocenters. The zero-order valence-corrected chi connectivity index (χ0v) is 13.8. The number of nitro groups is 2. The molecular weight excluding hydrogens is 356 g/mol. The Hall–Kier alpha value is -3.95. The Bertz CT molecular complexity index is 1040. The summed E-state index contributed by atoms with van der Waals surface area (Å²) < 4.78 is 0. The first-order valence-corrected chi connectivity index (χ1v) is 7.84. The molecule has 0 radical (unpaired) electrons. The third-order valence-electron chi connectivity index (χ3n) is 4.12. The summed E-state index contributed by atoms with van der Waals surface area (Å²) in [4.78, 5) is 35.2. The van der Waals surface area contributed by atoms with Gasteiger partial charge in [-0.1, -0.05) is 18.2 Å². The summed E-state index contributed by atoms with van der Waals surface area (Å²) in [6, 6.07) is 9.22. The summed E-state index contributed by atoms with van der Waals surface area (Å²) in [7, 11) is 0. The fourth-order valence-corrected chi connectivity index (χ4v) is 2.81. The van der Waals surface area contributed by atoms with Gasteiger partial charge in [-0.2, -0.15) is 0 Å². The van der Waals surface area contributed by atoms with Gasteiger partial charge in [0.2, 0.25) is 0 Å². The van der Waals surface area contributed by atoms with Crippen molar-refractivity contribution in [1.29, 1.82) is 0 Å². The summed E-state index contributed by atoms with van der Waals surface area (Å²) >= 11 is 0. The van der Waals surface area contributed by atoms with E-state index in [9.17, 15) is 30.1 Å². The molecule has 2 aromatic carbocycles. The number of non-ortho nitro benzene ring substituents is 1. The second kappa shape index (κ2) is 7.12. The van der Waals surface area contributed by atoms with E-state index in [1.807, 2.05) is 24.3 Å². The highest BCUT2D eigenvalue weighted by atomic mass is 16.6. The molecule has 3 N–H and O–H groups in total. The van der Waals surface area contributed by atoms with Crippen molar-refractivity contribution in [3.8, 4) is 0 Å². The average Bonchev–Trinajstić information content (AvgIpc) is 3.04. The molecule has 27 heavy (non-hydrogen) atoms. The summed E-state index contributed by atoms with van der Waals surface area (Å²) in [5, 5.41) is 35.0. The van der Waals surface area contributed by atoms with E-state index in [0.29, 0.717) is 0 Å². The Kier molecular flexibility index (Phi) is 4.71. The number of carboxylic acid groups (broad SMARTS) is 1. The molecule has 0 amide bonds. The summed E-state index contributed by atoms with van der Waals surface area (Å²) in [5.74, 6) is -1.20. The quantitative estimate of drug-likeness (QED) is 0.427. The van der Waals surface area contributed by atoms with Gasteiger partial charge in [0.05, 0.1) is 15.9 Å². The van der Waals surface area contributed by atoms with Crippen LogP contribution in [0.2, 0.25) is 0 Å². The molecule has 138 valence electrons. The van der Waals surface area contributed by atoms with E-state index < -0.39 is 33.2 Å². The lowest BCUT2D eigenvalue weighted by Crippen LogP contribution is -2.31. The smallest absolute Gasteiger partial charge is 0.326 e. The average molecular weight is 370 g/mol. The van der Waals surface area contributed by atoms with Gasteiger partial charge < -0.3 is 15.4 Å². The van der Waals surface area contributed by atoms with Crippen molar-refractivity contribution >= 4 is 33.9 Å². The van der Waals surface area contributed by atoms with Crippen LogP contribution in [0.15, 0.2) is 48.7 Å². The predicted octanol–water partition coefficient (Wildman–Crippen LogP) is 3.09. The highest BCUT2D eigenvalue weighted by Gasteiger charge is 2.25. The fraction of sp³-hybridized carbons (Fsp3) is 0.118. The van der Waals surface area contributed by atoms with Crippen LogP contribution in [0.4, 0.5) is 17.1 Å². The second-order valence-corrected chi connectivity index (χ2v) is 5.81. The zero-order chi connectivity index (χ0) is 19.6. The van der Waals surface area contributed by atoms with E-state index >= 15 is 0 Å². The number of nitrogens with zero attached hydrogens (tertiary/aromatic N) is 2. The number of hydrogen-bond donors (Lipinski definition) is 3. The molecule has 0 spiro atoms. The number of fused-ring (bicyclic) bond motifs is 1. The van der Waals surface area contributed by atoms with E-state index in [4.69, 9.17) is 0 Å². The second-order valence-electron chi connectivity index (χ2n) is 5.81. The fourth-order valence-electron chi connectivity index (χ4n) is 2.81. The molecule has 0 aliphatic heterocycles. The van der Waals surface area contributed by atoms with Crippen molar-refractivity contribution in [1.82, 2.24) is 4.98 Å². The molecule has 0 saturated heterocycles. The zero-order valence-electron chi connectivity index (χ0n) is 13.8. The molecule has 3 rings (SSSR count). The van der Waals surface area contributed by atoms with Gasteiger partial charge >= 0.3 is 5.97 Å². The maximum Gasteiger partial charge on any atom is 0.326 e. The highest BCUT2D eigenvalue weighted by molar-refractivity contribution is 5.85. The molecular formula is C17H14N4O6. The number of benzene rings is 2. The monoisotopic (exact) mass is 370 g/mol. The van der Waals surface area contributed by atoms with Crippen molar-refractivity contribution in [2.24, 2.45) is 0 Å². The molecule has 1 heterocycles. The normalized spacial score (nSPS) is 11.9. The van der Waals surface area contributed by atoms with Crippen LogP contribution in [0.25, 0.3) is 10.9 Å². The van der Waals surface area contributed by atoms with Crippen LogP contribution in [-0.2, 0) is 11.2 Å². The van der Waals surface area contributed by atoms with Gasteiger partial charge in [0.25, 0.3) is 11.4 Å². The molecule has 0 bridgehead atoms. The van der Waals surface area contributed by atoms with Crippen LogP contribution < -0.4 is 5.32 Å². The number of nitro benzene ring substituents is 2. The molecule has 1 unspecified atom stereocenters. The molecule has 0 saturated carbocycles. The van der Waals surface area contributed by atoms with Crippen LogP contribution >= 0.6 is 0 Å². The maximum absolute atomic E-state index is 11.7. The molecule has 3 aromatic rings. The first kappa shape index (κ1) is 17.9. The minimum absolute atomic E-state index is 0.0630. The molecule has 0 aliphatic carbocycles. The molecule has 1 aromatic heterocycles. The maximum atomic E-state index is 11.7. The lowest BCUT2D eigenvalue weighted by Gasteiger charge is -2.15. The van der Waals surface area contributed by atoms with Crippen molar-refractivity contribution in [2.45, 2.75) is 12.5 Å². The topological polar surface area (TPSA) is 151 Å². The molecule has 0 aliphatic rings. The van der Waals surface area contributed by atoms with Gasteiger partial charge in [-0.05, 0) is 17.7 Å². The number of anilines is 1. The van der Waals surface area contributed by atoms with Crippen LogP contribution in [0.3, 0.4) is 0 Å². The number of hydrogen-bond acceptors (Lipinski definition) is 6. The summed E-state index contributed by atoms with van der Waals surface area (Å²) in [5.41, 5.74) is 0.469.